The number of nitrogens with zero attached hydrogens (tertiary/aromatic N) is 1. The number of amides is 1. The highest BCUT2D eigenvalue weighted by Gasteiger charge is 2.15. The smallest absolute Gasteiger partial charge is 0.233 e. The molecule has 1 unspecified atom stereocenters. The summed E-state index contributed by atoms with van der Waals surface area (Å²) in [4.78, 5) is 19.5. The molecule has 1 heterocycles. The third-order valence-corrected chi connectivity index (χ3v) is 3.81. The van der Waals surface area contributed by atoms with E-state index in [1.54, 1.807) is 6.08 Å². The fourth-order valence-electron chi connectivity index (χ4n) is 1.82. The van der Waals surface area contributed by atoms with Crippen LogP contribution in [0.3, 0.4) is 0 Å². The van der Waals surface area contributed by atoms with E-state index in [9.17, 15) is 4.79 Å². The first kappa shape index (κ1) is 15.4. The number of rotatable bonds is 7. The highest BCUT2D eigenvalue weighted by atomic mass is 32.2. The van der Waals surface area contributed by atoms with Crippen LogP contribution < -0.4 is 10.1 Å². The molecule has 0 saturated carbocycles. The van der Waals surface area contributed by atoms with Crippen LogP contribution in [0.25, 0.3) is 11.0 Å². The number of nitrogens with one attached hydrogen (secondary N) is 2. The number of ether oxygens (including phenoxy) is 1. The highest BCUT2D eigenvalue weighted by Crippen LogP contribution is 2.25. The summed E-state index contributed by atoms with van der Waals surface area (Å²) in [5, 5.41) is 3.27. The van der Waals surface area contributed by atoms with Gasteiger partial charge in [0.1, 0.15) is 5.75 Å². The number of thioether (sulfide) groups is 1. The number of H-pyrrole nitrogens is 1. The van der Waals surface area contributed by atoms with Crippen molar-refractivity contribution >= 4 is 28.7 Å². The summed E-state index contributed by atoms with van der Waals surface area (Å²) < 4.78 is 5.46. The summed E-state index contributed by atoms with van der Waals surface area (Å²) in [7, 11) is 0. The van der Waals surface area contributed by atoms with E-state index in [0.717, 1.165) is 21.9 Å². The van der Waals surface area contributed by atoms with Crippen LogP contribution in [0.1, 0.15) is 13.8 Å². The summed E-state index contributed by atoms with van der Waals surface area (Å²) in [6.07, 6.45) is 1.66. The molecule has 2 rings (SSSR count). The van der Waals surface area contributed by atoms with Crippen LogP contribution in [-0.4, -0.2) is 34.3 Å². The summed E-state index contributed by atoms with van der Waals surface area (Å²) in [6.45, 7) is 8.47. The molecule has 0 spiro atoms. The Labute approximate surface area is 128 Å². The average Bonchev–Trinajstić information content (AvgIpc) is 2.86. The maximum absolute atomic E-state index is 11.8. The Morgan fingerprint density at radius 2 is 2.43 bits per heavy atom. The second-order valence-corrected chi connectivity index (χ2v) is 5.78. The first-order chi connectivity index (χ1) is 10.1. The zero-order chi connectivity index (χ0) is 15.2. The molecule has 0 bridgehead atoms. The number of benzene rings is 1. The van der Waals surface area contributed by atoms with Gasteiger partial charge < -0.3 is 15.0 Å². The van der Waals surface area contributed by atoms with E-state index in [2.05, 4.69) is 21.9 Å². The van der Waals surface area contributed by atoms with Crippen molar-refractivity contribution in [1.82, 2.24) is 15.3 Å². The van der Waals surface area contributed by atoms with Crippen molar-refractivity contribution in [3.63, 3.8) is 0 Å². The number of carbonyl (C=O) groups excluding carboxylic acids is 1. The standard InChI is InChI=1S/C15H19N3O2S/c1-4-8-16-14(19)10(3)21-15-17-12-7-6-11(20-5-2)9-13(12)18-15/h4,6-7,9-10H,1,5,8H2,2-3H3,(H,16,19)(H,17,18). The van der Waals surface area contributed by atoms with Gasteiger partial charge in [-0.3, -0.25) is 4.79 Å². The molecule has 0 aliphatic rings. The number of imidazole rings is 1. The number of aromatic amines is 1. The van der Waals surface area contributed by atoms with Crippen molar-refractivity contribution in [3.8, 4) is 5.75 Å². The van der Waals surface area contributed by atoms with Gasteiger partial charge in [-0.2, -0.15) is 0 Å². The van der Waals surface area contributed by atoms with E-state index in [0.29, 0.717) is 13.2 Å². The third kappa shape index (κ3) is 4.01. The number of fused-ring (bicyclic) bond motifs is 1. The van der Waals surface area contributed by atoms with Crippen molar-refractivity contribution in [2.45, 2.75) is 24.3 Å². The zero-order valence-electron chi connectivity index (χ0n) is 12.2. The van der Waals surface area contributed by atoms with E-state index in [1.807, 2.05) is 32.0 Å². The molecule has 21 heavy (non-hydrogen) atoms. The minimum absolute atomic E-state index is 0.0321. The van der Waals surface area contributed by atoms with Gasteiger partial charge in [-0.05, 0) is 26.0 Å². The fourth-order valence-corrected chi connectivity index (χ4v) is 2.66. The summed E-state index contributed by atoms with van der Waals surface area (Å²) in [5.74, 6) is 0.775. The SMILES string of the molecule is C=CCNC(=O)C(C)Sc1nc2ccc(OCC)cc2[nH]1. The van der Waals surface area contributed by atoms with Crippen molar-refractivity contribution in [2.24, 2.45) is 0 Å². The van der Waals surface area contributed by atoms with Crippen LogP contribution in [0.15, 0.2) is 36.0 Å². The van der Waals surface area contributed by atoms with Crippen LogP contribution in [0.2, 0.25) is 0 Å². The number of aromatic nitrogens is 2. The Morgan fingerprint density at radius 1 is 1.62 bits per heavy atom. The van der Waals surface area contributed by atoms with Gasteiger partial charge in [0.2, 0.25) is 5.91 Å². The molecule has 6 heteroatoms. The molecule has 0 radical (unpaired) electrons. The molecule has 1 amide bonds. The average molecular weight is 305 g/mol. The molecule has 2 aromatic rings. The Morgan fingerprint density at radius 3 is 3.14 bits per heavy atom. The minimum atomic E-state index is -0.225. The van der Waals surface area contributed by atoms with E-state index in [4.69, 9.17) is 4.74 Å². The van der Waals surface area contributed by atoms with Crippen LogP contribution >= 0.6 is 11.8 Å². The predicted octanol–water partition coefficient (Wildman–Crippen LogP) is 2.74. The lowest BCUT2D eigenvalue weighted by atomic mass is 10.3. The number of hydrogen-bond donors (Lipinski definition) is 2. The molecular weight excluding hydrogens is 286 g/mol. The van der Waals surface area contributed by atoms with Gasteiger partial charge in [0.25, 0.3) is 0 Å². The Bertz CT molecular complexity index is 639. The van der Waals surface area contributed by atoms with Crippen LogP contribution in [0.4, 0.5) is 0 Å². The lowest BCUT2D eigenvalue weighted by Gasteiger charge is -2.08. The lowest BCUT2D eigenvalue weighted by Crippen LogP contribution is -2.30. The molecule has 0 aliphatic carbocycles. The van der Waals surface area contributed by atoms with Gasteiger partial charge in [-0.15, -0.1) is 6.58 Å². The van der Waals surface area contributed by atoms with Crippen molar-refractivity contribution < 1.29 is 9.53 Å². The largest absolute Gasteiger partial charge is 0.494 e. The fraction of sp³-hybridized carbons (Fsp3) is 0.333. The van der Waals surface area contributed by atoms with Gasteiger partial charge in [0.15, 0.2) is 5.16 Å². The molecule has 5 nitrogen and oxygen atoms in total. The molecule has 0 aliphatic heterocycles. The second-order valence-electron chi connectivity index (χ2n) is 4.45. The maximum atomic E-state index is 11.8. The predicted molar refractivity (Wildman–Crippen MR) is 85.8 cm³/mol. The molecule has 0 fully saturated rings. The first-order valence-electron chi connectivity index (χ1n) is 6.82. The molecular formula is C15H19N3O2S. The second kappa shape index (κ2) is 7.17. The monoisotopic (exact) mass is 305 g/mol. The highest BCUT2D eigenvalue weighted by molar-refractivity contribution is 8.00. The molecule has 1 aromatic carbocycles. The van der Waals surface area contributed by atoms with Crippen LogP contribution in [-0.2, 0) is 4.79 Å². The molecule has 1 aromatic heterocycles. The lowest BCUT2D eigenvalue weighted by molar-refractivity contribution is -0.120. The van der Waals surface area contributed by atoms with Crippen LogP contribution in [0, 0.1) is 0 Å². The van der Waals surface area contributed by atoms with E-state index < -0.39 is 0 Å². The van der Waals surface area contributed by atoms with E-state index in [-0.39, 0.29) is 11.2 Å². The minimum Gasteiger partial charge on any atom is -0.494 e. The Balaban J connectivity index is 2.08. The third-order valence-electron chi connectivity index (χ3n) is 2.82. The van der Waals surface area contributed by atoms with Crippen LogP contribution in [0.5, 0.6) is 5.75 Å². The number of hydrogen-bond acceptors (Lipinski definition) is 4. The van der Waals surface area contributed by atoms with Gasteiger partial charge in [0, 0.05) is 12.6 Å². The van der Waals surface area contributed by atoms with Crippen molar-refractivity contribution in [2.75, 3.05) is 13.2 Å². The summed E-state index contributed by atoms with van der Waals surface area (Å²) in [6, 6.07) is 5.71. The quantitative estimate of drug-likeness (QED) is 0.610. The normalized spacial score (nSPS) is 12.1. The van der Waals surface area contributed by atoms with Gasteiger partial charge >= 0.3 is 0 Å². The zero-order valence-corrected chi connectivity index (χ0v) is 13.0. The Kier molecular flexibility index (Phi) is 5.27. The van der Waals surface area contributed by atoms with Gasteiger partial charge in [-0.1, -0.05) is 17.8 Å². The van der Waals surface area contributed by atoms with E-state index >= 15 is 0 Å². The topological polar surface area (TPSA) is 67.0 Å². The summed E-state index contributed by atoms with van der Waals surface area (Å²) >= 11 is 1.39. The molecule has 0 saturated heterocycles. The number of carbonyl (C=O) groups is 1. The van der Waals surface area contributed by atoms with E-state index in [1.165, 1.54) is 11.8 Å². The van der Waals surface area contributed by atoms with Crippen molar-refractivity contribution in [1.29, 1.82) is 0 Å². The maximum Gasteiger partial charge on any atom is 0.233 e. The van der Waals surface area contributed by atoms with Gasteiger partial charge in [-0.25, -0.2) is 4.98 Å². The van der Waals surface area contributed by atoms with Crippen molar-refractivity contribution in [3.05, 3.63) is 30.9 Å². The Hall–Kier alpha value is -1.95. The summed E-state index contributed by atoms with van der Waals surface area (Å²) in [5.41, 5.74) is 1.77. The van der Waals surface area contributed by atoms with Gasteiger partial charge in [0.05, 0.1) is 22.9 Å². The first-order valence-corrected chi connectivity index (χ1v) is 7.69. The molecule has 2 N–H and O–H groups in total. The molecule has 112 valence electrons. The molecule has 1 atom stereocenters.